The number of rotatable bonds is 4. The Morgan fingerprint density at radius 2 is 1.96 bits per heavy atom. The zero-order valence-electron chi connectivity index (χ0n) is 12.4. The van der Waals surface area contributed by atoms with Crippen molar-refractivity contribution in [3.05, 3.63) is 71.7 Å². The lowest BCUT2D eigenvalue weighted by molar-refractivity contribution is 0.602. The minimum Gasteiger partial charge on any atom is -0.369 e. The van der Waals surface area contributed by atoms with Gasteiger partial charge in [0.05, 0.1) is 12.8 Å². The van der Waals surface area contributed by atoms with Crippen LogP contribution >= 0.6 is 0 Å². The second-order valence-electron chi connectivity index (χ2n) is 5.12. The van der Waals surface area contributed by atoms with Crippen LogP contribution < -0.4 is 11.5 Å². The van der Waals surface area contributed by atoms with Gasteiger partial charge in [-0.05, 0) is 29.8 Å². The number of fused-ring (bicyclic) bond motifs is 1. The van der Waals surface area contributed by atoms with Crippen molar-refractivity contribution in [1.29, 1.82) is 0 Å². The van der Waals surface area contributed by atoms with Crippen molar-refractivity contribution < 1.29 is 4.39 Å². The molecule has 0 aliphatic rings. The van der Waals surface area contributed by atoms with Gasteiger partial charge in [-0.2, -0.15) is 5.10 Å². The molecule has 0 amide bonds. The second-order valence-corrected chi connectivity index (χ2v) is 5.12. The Morgan fingerprint density at radius 3 is 2.74 bits per heavy atom. The maximum absolute atomic E-state index is 13.8. The van der Waals surface area contributed by atoms with Crippen LogP contribution in [0.3, 0.4) is 0 Å². The third kappa shape index (κ3) is 3.37. The largest absolute Gasteiger partial charge is 0.369 e. The first-order valence-corrected chi connectivity index (χ1v) is 7.08. The lowest BCUT2D eigenvalue weighted by Gasteiger charge is -2.07. The lowest BCUT2D eigenvalue weighted by Crippen LogP contribution is -2.21. The van der Waals surface area contributed by atoms with E-state index in [1.165, 1.54) is 6.07 Å². The predicted molar refractivity (Wildman–Crippen MR) is 90.8 cm³/mol. The van der Waals surface area contributed by atoms with E-state index in [1.54, 1.807) is 18.3 Å². The lowest BCUT2D eigenvalue weighted by atomic mass is 10.1. The smallest absolute Gasteiger partial charge is 0.211 e. The van der Waals surface area contributed by atoms with Crippen molar-refractivity contribution in [3.8, 4) is 0 Å². The molecule has 0 spiro atoms. The topological polar surface area (TPSA) is 81.7 Å². The van der Waals surface area contributed by atoms with E-state index in [4.69, 9.17) is 11.5 Å². The Labute approximate surface area is 132 Å². The van der Waals surface area contributed by atoms with Crippen molar-refractivity contribution in [2.24, 2.45) is 21.7 Å². The van der Waals surface area contributed by atoms with Crippen LogP contribution in [0.1, 0.15) is 11.1 Å². The van der Waals surface area contributed by atoms with Gasteiger partial charge in [0.25, 0.3) is 0 Å². The van der Waals surface area contributed by atoms with Crippen LogP contribution in [-0.4, -0.2) is 16.7 Å². The first-order valence-electron chi connectivity index (χ1n) is 7.08. The number of aromatic nitrogens is 1. The van der Waals surface area contributed by atoms with Crippen molar-refractivity contribution in [2.75, 3.05) is 0 Å². The normalized spacial score (nSPS) is 11.2. The Morgan fingerprint density at radius 1 is 1.13 bits per heavy atom. The zero-order chi connectivity index (χ0) is 16.2. The van der Waals surface area contributed by atoms with Crippen molar-refractivity contribution in [2.45, 2.75) is 6.54 Å². The molecule has 1 aromatic heterocycles. The first-order chi connectivity index (χ1) is 11.1. The number of guanidine groups is 1. The number of hydrogen-bond donors (Lipinski definition) is 2. The molecule has 2 aromatic carbocycles. The van der Waals surface area contributed by atoms with E-state index in [-0.39, 0.29) is 11.8 Å². The molecule has 0 atom stereocenters. The Hall–Kier alpha value is -3.15. The molecule has 0 fully saturated rings. The molecule has 3 rings (SSSR count). The van der Waals surface area contributed by atoms with Crippen molar-refractivity contribution in [1.82, 2.24) is 4.57 Å². The highest BCUT2D eigenvalue weighted by molar-refractivity contribution is 5.89. The van der Waals surface area contributed by atoms with Crippen molar-refractivity contribution >= 4 is 23.1 Å². The SMILES string of the molecule is NC(N)=NN=Cc1ccc2c(ccn2Cc2ccccc2F)c1. The molecule has 3 aromatic rings. The van der Waals surface area contributed by atoms with E-state index in [2.05, 4.69) is 10.2 Å². The molecule has 0 radical (unpaired) electrons. The van der Waals surface area contributed by atoms with E-state index in [0.29, 0.717) is 12.1 Å². The Kier molecular flexibility index (Phi) is 4.05. The monoisotopic (exact) mass is 309 g/mol. The minimum atomic E-state index is -0.199. The highest BCUT2D eigenvalue weighted by atomic mass is 19.1. The summed E-state index contributed by atoms with van der Waals surface area (Å²) >= 11 is 0. The van der Waals surface area contributed by atoms with E-state index in [0.717, 1.165) is 16.5 Å². The van der Waals surface area contributed by atoms with Gasteiger partial charge in [0, 0.05) is 22.7 Å². The van der Waals surface area contributed by atoms with Gasteiger partial charge in [0.2, 0.25) is 5.96 Å². The molecule has 5 nitrogen and oxygen atoms in total. The highest BCUT2D eigenvalue weighted by Crippen LogP contribution is 2.19. The van der Waals surface area contributed by atoms with Gasteiger partial charge < -0.3 is 16.0 Å². The fraction of sp³-hybridized carbons (Fsp3) is 0.0588. The number of nitrogens with zero attached hydrogens (tertiary/aromatic N) is 3. The number of benzene rings is 2. The van der Waals surface area contributed by atoms with Gasteiger partial charge in [-0.15, -0.1) is 5.10 Å². The van der Waals surface area contributed by atoms with E-state index in [1.807, 2.05) is 41.1 Å². The van der Waals surface area contributed by atoms with Crippen LogP contribution in [0, 0.1) is 5.82 Å². The summed E-state index contributed by atoms with van der Waals surface area (Å²) in [5, 5.41) is 8.39. The standard InChI is InChI=1S/C17H16FN5/c18-15-4-2-1-3-14(15)11-23-8-7-13-9-12(5-6-16(13)23)10-21-22-17(19)20/h1-10H,11H2,(H4,19,20,22). The Bertz CT molecular complexity index is 891. The van der Waals surface area contributed by atoms with Gasteiger partial charge in [-0.1, -0.05) is 24.3 Å². The minimum absolute atomic E-state index is 0.0848. The molecule has 4 N–H and O–H groups in total. The van der Waals surface area contributed by atoms with E-state index < -0.39 is 0 Å². The summed E-state index contributed by atoms with van der Waals surface area (Å²) < 4.78 is 15.8. The van der Waals surface area contributed by atoms with Crippen LogP contribution in [0.2, 0.25) is 0 Å². The molecule has 0 bridgehead atoms. The highest BCUT2D eigenvalue weighted by Gasteiger charge is 2.05. The molecule has 1 heterocycles. The molecule has 0 aliphatic carbocycles. The number of hydrogen-bond acceptors (Lipinski definition) is 2. The second kappa shape index (κ2) is 6.31. The van der Waals surface area contributed by atoms with Gasteiger partial charge >= 0.3 is 0 Å². The molecule has 23 heavy (non-hydrogen) atoms. The average Bonchev–Trinajstić information content (AvgIpc) is 2.92. The summed E-state index contributed by atoms with van der Waals surface area (Å²) in [6.45, 7) is 0.484. The Balaban J connectivity index is 1.89. The van der Waals surface area contributed by atoms with Crippen LogP contribution in [0.25, 0.3) is 10.9 Å². The molecule has 0 aliphatic heterocycles. The van der Waals surface area contributed by atoms with Gasteiger partial charge in [-0.3, -0.25) is 0 Å². The summed E-state index contributed by atoms with van der Waals surface area (Å²) in [4.78, 5) is 0. The van der Waals surface area contributed by atoms with Crippen LogP contribution in [0.4, 0.5) is 4.39 Å². The van der Waals surface area contributed by atoms with Gasteiger partial charge in [0.15, 0.2) is 0 Å². The molecular weight excluding hydrogens is 293 g/mol. The fourth-order valence-electron chi connectivity index (χ4n) is 2.41. The quantitative estimate of drug-likeness (QED) is 0.441. The predicted octanol–water partition coefficient (Wildman–Crippen LogP) is 2.44. The van der Waals surface area contributed by atoms with Crippen LogP contribution in [0.5, 0.6) is 0 Å². The molecular formula is C17H16FN5. The van der Waals surface area contributed by atoms with Crippen LogP contribution in [0.15, 0.2) is 64.9 Å². The maximum atomic E-state index is 13.8. The number of halogens is 1. The molecule has 0 saturated heterocycles. The third-order valence-corrected chi connectivity index (χ3v) is 3.47. The third-order valence-electron chi connectivity index (χ3n) is 3.47. The van der Waals surface area contributed by atoms with Gasteiger partial charge in [-0.25, -0.2) is 4.39 Å². The number of nitrogens with two attached hydrogens (primary N) is 2. The van der Waals surface area contributed by atoms with E-state index in [9.17, 15) is 4.39 Å². The first kappa shape index (κ1) is 14.8. The summed E-state index contributed by atoms with van der Waals surface area (Å²) in [7, 11) is 0. The molecule has 0 saturated carbocycles. The average molecular weight is 309 g/mol. The molecule has 6 heteroatoms. The molecule has 0 unspecified atom stereocenters. The van der Waals surface area contributed by atoms with Gasteiger partial charge in [0.1, 0.15) is 5.82 Å². The summed E-state index contributed by atoms with van der Waals surface area (Å²) in [5.74, 6) is -0.284. The summed E-state index contributed by atoms with van der Waals surface area (Å²) in [6, 6.07) is 14.6. The maximum Gasteiger partial charge on any atom is 0.211 e. The molecule has 116 valence electrons. The van der Waals surface area contributed by atoms with Crippen molar-refractivity contribution in [3.63, 3.8) is 0 Å². The fourth-order valence-corrected chi connectivity index (χ4v) is 2.41. The van der Waals surface area contributed by atoms with E-state index >= 15 is 0 Å². The zero-order valence-corrected chi connectivity index (χ0v) is 12.4. The van der Waals surface area contributed by atoms with Crippen LogP contribution in [-0.2, 0) is 6.54 Å². The summed E-state index contributed by atoms with van der Waals surface area (Å²) in [5.41, 5.74) is 13.0. The summed E-state index contributed by atoms with van der Waals surface area (Å²) in [6.07, 6.45) is 3.52.